The first-order valence-electron chi connectivity index (χ1n) is 8.72. The molecule has 0 saturated heterocycles. The van der Waals surface area contributed by atoms with Gasteiger partial charge in [0.2, 0.25) is 0 Å². The van der Waals surface area contributed by atoms with E-state index in [1.807, 2.05) is 0 Å². The van der Waals surface area contributed by atoms with Crippen molar-refractivity contribution in [3.8, 4) is 0 Å². The first-order chi connectivity index (χ1) is 9.83. The van der Waals surface area contributed by atoms with E-state index in [1.54, 1.807) is 0 Å². The summed E-state index contributed by atoms with van der Waals surface area (Å²) < 4.78 is 0. The van der Waals surface area contributed by atoms with Gasteiger partial charge in [-0.05, 0) is 85.4 Å². The number of hydrogen-bond donors (Lipinski definition) is 0. The van der Waals surface area contributed by atoms with Crippen LogP contribution in [0.25, 0.3) is 0 Å². The molecule has 0 amide bonds. The van der Waals surface area contributed by atoms with E-state index in [9.17, 15) is 9.59 Å². The number of fused-ring (bicyclic) bond motifs is 11. The maximum atomic E-state index is 11.5. The number of carbonyl (C=O) groups excluding carboxylic acids is 2. The zero-order chi connectivity index (χ0) is 13.4. The maximum absolute atomic E-state index is 11.5. The summed E-state index contributed by atoms with van der Waals surface area (Å²) in [5.74, 6) is 7.88. The lowest BCUT2D eigenvalue weighted by molar-refractivity contribution is -0.112. The van der Waals surface area contributed by atoms with Crippen molar-refractivity contribution in [2.24, 2.45) is 59.2 Å². The van der Waals surface area contributed by atoms with Gasteiger partial charge in [-0.2, -0.15) is 0 Å². The molecule has 0 N–H and O–H groups in total. The first-order valence-corrected chi connectivity index (χ1v) is 8.72. The van der Waals surface area contributed by atoms with Crippen LogP contribution in [0.1, 0.15) is 38.5 Å². The molecule has 0 aromatic carbocycles. The predicted octanol–water partition coefficient (Wildman–Crippen LogP) is 2.95. The van der Waals surface area contributed by atoms with Crippen molar-refractivity contribution in [2.45, 2.75) is 38.5 Å². The molecule has 4 bridgehead atoms. The molecular weight excluding hydrogens is 248 g/mol. The van der Waals surface area contributed by atoms with E-state index in [1.165, 1.54) is 38.4 Å². The SMILES string of the molecule is O=CCC1CC2CC1C1C2CC2C3CCC(C3C=O)C21. The lowest BCUT2D eigenvalue weighted by atomic mass is 9.68. The van der Waals surface area contributed by atoms with Gasteiger partial charge in [0.15, 0.2) is 0 Å². The van der Waals surface area contributed by atoms with Crippen molar-refractivity contribution >= 4 is 12.6 Å². The third-order valence-corrected chi connectivity index (χ3v) is 8.29. The number of rotatable bonds is 3. The van der Waals surface area contributed by atoms with E-state index < -0.39 is 0 Å². The van der Waals surface area contributed by atoms with Crippen LogP contribution in [0, 0.1) is 59.2 Å². The topological polar surface area (TPSA) is 34.1 Å². The Morgan fingerprint density at radius 3 is 2.40 bits per heavy atom. The van der Waals surface area contributed by atoms with Gasteiger partial charge < -0.3 is 9.59 Å². The molecule has 108 valence electrons. The highest BCUT2D eigenvalue weighted by Crippen LogP contribution is 2.72. The number of aldehydes is 2. The van der Waals surface area contributed by atoms with Crippen molar-refractivity contribution in [1.29, 1.82) is 0 Å². The standard InChI is InChI=1S/C18H24O2/c19-4-3-9-5-10-6-13(9)18-14(10)7-15-11-1-2-12(17(15)18)16(11)8-20/h4,8-18H,1-3,5-7H2. The highest BCUT2D eigenvalue weighted by molar-refractivity contribution is 5.57. The average Bonchev–Trinajstić information content (AvgIpc) is 3.20. The Balaban J connectivity index is 1.47. The van der Waals surface area contributed by atoms with Crippen molar-refractivity contribution in [2.75, 3.05) is 0 Å². The Hall–Kier alpha value is -0.660. The van der Waals surface area contributed by atoms with Gasteiger partial charge in [0.1, 0.15) is 12.6 Å². The summed E-state index contributed by atoms with van der Waals surface area (Å²) in [7, 11) is 0. The second kappa shape index (κ2) is 3.96. The smallest absolute Gasteiger partial charge is 0.123 e. The molecule has 0 aromatic heterocycles. The molecule has 2 nitrogen and oxygen atoms in total. The Morgan fingerprint density at radius 1 is 0.800 bits per heavy atom. The summed E-state index contributed by atoms with van der Waals surface area (Å²) in [6.07, 6.45) is 10.0. The summed E-state index contributed by atoms with van der Waals surface area (Å²) in [5.41, 5.74) is 0. The number of hydrogen-bond acceptors (Lipinski definition) is 2. The predicted molar refractivity (Wildman–Crippen MR) is 74.7 cm³/mol. The van der Waals surface area contributed by atoms with Crippen LogP contribution in [0.3, 0.4) is 0 Å². The molecule has 0 spiro atoms. The summed E-state index contributed by atoms with van der Waals surface area (Å²) >= 11 is 0. The van der Waals surface area contributed by atoms with Gasteiger partial charge in [-0.15, -0.1) is 0 Å². The first kappa shape index (κ1) is 11.9. The molecule has 5 aliphatic carbocycles. The molecule has 5 saturated carbocycles. The largest absolute Gasteiger partial charge is 0.303 e. The van der Waals surface area contributed by atoms with Crippen LogP contribution in [0.2, 0.25) is 0 Å². The van der Waals surface area contributed by atoms with Crippen LogP contribution >= 0.6 is 0 Å². The second-order valence-electron chi connectivity index (χ2n) is 8.39. The summed E-state index contributed by atoms with van der Waals surface area (Å²) in [6.45, 7) is 0. The van der Waals surface area contributed by atoms with E-state index in [0.29, 0.717) is 17.8 Å². The zero-order valence-corrected chi connectivity index (χ0v) is 12.0. The fraction of sp³-hybridized carbons (Fsp3) is 0.889. The molecule has 2 heteroatoms. The molecule has 0 radical (unpaired) electrons. The Labute approximate surface area is 120 Å². The van der Waals surface area contributed by atoms with E-state index in [0.717, 1.165) is 54.1 Å². The molecule has 0 heterocycles. The highest BCUT2D eigenvalue weighted by Gasteiger charge is 2.67. The van der Waals surface area contributed by atoms with Gasteiger partial charge in [-0.3, -0.25) is 0 Å². The molecule has 20 heavy (non-hydrogen) atoms. The Bertz CT molecular complexity index is 458. The van der Waals surface area contributed by atoms with Crippen molar-refractivity contribution in [1.82, 2.24) is 0 Å². The van der Waals surface area contributed by atoms with Crippen LogP contribution < -0.4 is 0 Å². The van der Waals surface area contributed by atoms with Crippen LogP contribution in [-0.2, 0) is 9.59 Å². The monoisotopic (exact) mass is 272 g/mol. The van der Waals surface area contributed by atoms with Crippen LogP contribution in [0.5, 0.6) is 0 Å². The minimum Gasteiger partial charge on any atom is -0.303 e. The summed E-state index contributed by atoms with van der Waals surface area (Å²) in [5, 5.41) is 0. The molecule has 0 aromatic rings. The van der Waals surface area contributed by atoms with Crippen molar-refractivity contribution < 1.29 is 9.59 Å². The number of carbonyl (C=O) groups is 2. The molecule has 10 atom stereocenters. The second-order valence-corrected chi connectivity index (χ2v) is 8.39. The normalized spacial score (nSPS) is 61.6. The van der Waals surface area contributed by atoms with Gasteiger partial charge in [-0.25, -0.2) is 0 Å². The average molecular weight is 272 g/mol. The molecular formula is C18H24O2. The lowest BCUT2D eigenvalue weighted by Crippen LogP contribution is -2.32. The van der Waals surface area contributed by atoms with Crippen molar-refractivity contribution in [3.05, 3.63) is 0 Å². The van der Waals surface area contributed by atoms with Gasteiger partial charge in [0, 0.05) is 12.3 Å². The third-order valence-electron chi connectivity index (χ3n) is 8.29. The zero-order valence-electron chi connectivity index (χ0n) is 12.0. The Kier molecular flexibility index (Phi) is 2.36. The van der Waals surface area contributed by atoms with Gasteiger partial charge in [0.05, 0.1) is 0 Å². The molecule has 5 fully saturated rings. The highest BCUT2D eigenvalue weighted by atomic mass is 16.1. The van der Waals surface area contributed by atoms with Gasteiger partial charge >= 0.3 is 0 Å². The summed E-state index contributed by atoms with van der Waals surface area (Å²) in [6, 6.07) is 0. The van der Waals surface area contributed by atoms with Gasteiger partial charge in [-0.1, -0.05) is 0 Å². The third kappa shape index (κ3) is 1.23. The van der Waals surface area contributed by atoms with E-state index in [2.05, 4.69) is 0 Å². The van der Waals surface area contributed by atoms with Crippen LogP contribution in [0.4, 0.5) is 0 Å². The van der Waals surface area contributed by atoms with Crippen molar-refractivity contribution in [3.63, 3.8) is 0 Å². The van der Waals surface area contributed by atoms with E-state index in [-0.39, 0.29) is 0 Å². The van der Waals surface area contributed by atoms with Crippen LogP contribution in [-0.4, -0.2) is 12.6 Å². The quantitative estimate of drug-likeness (QED) is 0.740. The van der Waals surface area contributed by atoms with Gasteiger partial charge in [0.25, 0.3) is 0 Å². The molecule has 5 rings (SSSR count). The molecule has 0 aliphatic heterocycles. The van der Waals surface area contributed by atoms with E-state index in [4.69, 9.17) is 0 Å². The summed E-state index contributed by atoms with van der Waals surface area (Å²) in [4.78, 5) is 22.4. The minimum atomic E-state index is 0.398. The van der Waals surface area contributed by atoms with E-state index >= 15 is 0 Å². The maximum Gasteiger partial charge on any atom is 0.123 e. The Morgan fingerprint density at radius 2 is 1.60 bits per heavy atom. The lowest BCUT2D eigenvalue weighted by Gasteiger charge is -2.36. The molecule has 10 unspecified atom stereocenters. The fourth-order valence-corrected chi connectivity index (χ4v) is 8.03. The fourth-order valence-electron chi connectivity index (χ4n) is 8.03. The molecule has 5 aliphatic rings. The van der Waals surface area contributed by atoms with Crippen LogP contribution in [0.15, 0.2) is 0 Å². The minimum absolute atomic E-state index is 0.398.